The van der Waals surface area contributed by atoms with Gasteiger partial charge in [0.25, 0.3) is 0 Å². The monoisotopic (exact) mass is 592 g/mol. The Kier molecular flexibility index (Phi) is 9.17. The van der Waals surface area contributed by atoms with Gasteiger partial charge in [-0.05, 0) is 18.6 Å². The number of hydrogen-bond donors (Lipinski definition) is 1. The van der Waals surface area contributed by atoms with Crippen LogP contribution in [0.1, 0.15) is 18.9 Å². The normalized spacial score (nSPS) is 11.4. The van der Waals surface area contributed by atoms with Crippen molar-refractivity contribution in [1.29, 1.82) is 5.26 Å². The minimum atomic E-state index is -0.514. The van der Waals surface area contributed by atoms with E-state index in [2.05, 4.69) is 16.4 Å². The lowest BCUT2D eigenvalue weighted by Crippen LogP contribution is -2.24. The van der Waals surface area contributed by atoms with Crippen molar-refractivity contribution in [3.05, 3.63) is 95.9 Å². The Morgan fingerprint density at radius 1 is 0.929 bits per heavy atom. The van der Waals surface area contributed by atoms with Crippen LogP contribution in [0.4, 0.5) is 5.13 Å². The van der Waals surface area contributed by atoms with E-state index in [1.807, 2.05) is 97.2 Å². The minimum absolute atomic E-state index is 0.201. The molecular weight excluding hydrogens is 565 g/mol. The lowest BCUT2D eigenvalue weighted by atomic mass is 9.98. The van der Waals surface area contributed by atoms with Crippen LogP contribution in [0.25, 0.3) is 33.6 Å². The second-order valence-electron chi connectivity index (χ2n) is 9.16. The Bertz CT molecular complexity index is 1730. The van der Waals surface area contributed by atoms with Crippen molar-refractivity contribution in [3.8, 4) is 51.2 Å². The summed E-state index contributed by atoms with van der Waals surface area (Å²) < 4.78 is 11.2. The Hall–Kier alpha value is -4.65. The van der Waals surface area contributed by atoms with Gasteiger partial charge in [0.1, 0.15) is 11.1 Å². The van der Waals surface area contributed by atoms with E-state index in [-0.39, 0.29) is 5.91 Å². The van der Waals surface area contributed by atoms with Gasteiger partial charge >= 0.3 is 0 Å². The maximum absolute atomic E-state index is 13.5. The van der Waals surface area contributed by atoms with Crippen LogP contribution in [0.3, 0.4) is 0 Å². The molecule has 3 aromatic carbocycles. The maximum Gasteiger partial charge on any atom is 0.239 e. The average Bonchev–Trinajstić information content (AvgIpc) is 3.51. The topological polar surface area (TPSA) is 97.1 Å². The van der Waals surface area contributed by atoms with E-state index >= 15 is 0 Å². The van der Waals surface area contributed by atoms with Gasteiger partial charge in [0.15, 0.2) is 16.6 Å². The highest BCUT2D eigenvalue weighted by Gasteiger charge is 2.25. The van der Waals surface area contributed by atoms with Crippen LogP contribution in [0.15, 0.2) is 95.3 Å². The number of ether oxygens (including phenoxy) is 2. The van der Waals surface area contributed by atoms with Crippen LogP contribution in [0, 0.1) is 11.3 Å². The number of pyridine rings is 1. The number of methoxy groups -OCH3 is 2. The third kappa shape index (κ3) is 6.15. The fraction of sp³-hybridized carbons (Fsp3) is 0.152. The number of nitrogens with zero attached hydrogens (tertiary/aromatic N) is 3. The molecule has 0 saturated heterocycles. The molecule has 5 rings (SSSR count). The molecular formula is C33H28N4O3S2. The first-order valence-electron chi connectivity index (χ1n) is 13.3. The fourth-order valence-corrected chi connectivity index (χ4v) is 6.25. The van der Waals surface area contributed by atoms with Crippen molar-refractivity contribution < 1.29 is 14.3 Å². The van der Waals surface area contributed by atoms with E-state index in [0.29, 0.717) is 50.5 Å². The molecule has 2 aromatic heterocycles. The van der Waals surface area contributed by atoms with Crippen LogP contribution < -0.4 is 14.8 Å². The van der Waals surface area contributed by atoms with Gasteiger partial charge < -0.3 is 14.8 Å². The summed E-state index contributed by atoms with van der Waals surface area (Å²) in [4.78, 5) is 23.0. The van der Waals surface area contributed by atoms with Crippen LogP contribution in [-0.4, -0.2) is 35.3 Å². The Morgan fingerprint density at radius 2 is 1.62 bits per heavy atom. The van der Waals surface area contributed by atoms with Gasteiger partial charge in [0.2, 0.25) is 5.91 Å². The Labute approximate surface area is 253 Å². The van der Waals surface area contributed by atoms with Gasteiger partial charge in [-0.2, -0.15) is 5.26 Å². The van der Waals surface area contributed by atoms with Crippen LogP contribution in [0.5, 0.6) is 11.5 Å². The smallest absolute Gasteiger partial charge is 0.239 e. The van der Waals surface area contributed by atoms with Crippen LogP contribution in [-0.2, 0) is 4.79 Å². The van der Waals surface area contributed by atoms with Gasteiger partial charge in [0.05, 0.1) is 36.4 Å². The minimum Gasteiger partial charge on any atom is -0.493 e. The molecule has 42 heavy (non-hydrogen) atoms. The fourth-order valence-electron chi connectivity index (χ4n) is 4.50. The number of thioether (sulfide) groups is 1. The number of nitriles is 1. The zero-order valence-electron chi connectivity index (χ0n) is 23.3. The molecule has 210 valence electrons. The summed E-state index contributed by atoms with van der Waals surface area (Å²) in [6.07, 6.45) is 0.521. The van der Waals surface area contributed by atoms with Crippen molar-refractivity contribution in [1.82, 2.24) is 9.97 Å². The van der Waals surface area contributed by atoms with Crippen LogP contribution in [0.2, 0.25) is 0 Å². The largest absolute Gasteiger partial charge is 0.493 e. The van der Waals surface area contributed by atoms with Crippen molar-refractivity contribution in [2.75, 3.05) is 19.5 Å². The SMILES string of the molecule is CCC(Sc1nc(-c2ccccc2)cc(-c2cccc(OC)c2OC)c1C#N)C(=O)Nc1nc(-c2ccccc2)cs1. The van der Waals surface area contributed by atoms with E-state index in [1.165, 1.54) is 23.1 Å². The molecule has 0 aliphatic rings. The summed E-state index contributed by atoms with van der Waals surface area (Å²) in [5.41, 5.74) is 5.06. The first kappa shape index (κ1) is 28.9. The third-order valence-corrected chi connectivity index (χ3v) is 8.69. The van der Waals surface area contributed by atoms with Crippen LogP contribution >= 0.6 is 23.1 Å². The molecule has 0 aliphatic carbocycles. The molecule has 0 spiro atoms. The zero-order chi connectivity index (χ0) is 29.5. The maximum atomic E-state index is 13.5. The summed E-state index contributed by atoms with van der Waals surface area (Å²) in [5.74, 6) is 0.864. The summed E-state index contributed by atoms with van der Waals surface area (Å²) >= 11 is 2.65. The Balaban J connectivity index is 1.53. The third-order valence-electron chi connectivity index (χ3n) is 6.58. The van der Waals surface area contributed by atoms with Gasteiger partial charge in [0, 0.05) is 27.6 Å². The van der Waals surface area contributed by atoms with Crippen molar-refractivity contribution in [3.63, 3.8) is 0 Å². The number of rotatable bonds is 10. The van der Waals surface area contributed by atoms with E-state index in [1.54, 1.807) is 14.2 Å². The summed E-state index contributed by atoms with van der Waals surface area (Å²) in [6, 6.07) is 29.3. The molecule has 5 aromatic rings. The zero-order valence-corrected chi connectivity index (χ0v) is 25.0. The average molecular weight is 593 g/mol. The van der Waals surface area contributed by atoms with E-state index in [9.17, 15) is 10.1 Å². The highest BCUT2D eigenvalue weighted by atomic mass is 32.2. The molecule has 1 atom stereocenters. The number of benzene rings is 3. The standard InChI is InChI=1S/C33H28N4O3S2/c1-4-29(31(38)37-33-36-27(20-41-33)22-14-9-6-10-15-22)42-32-25(19-34)24(18-26(35-32)21-12-7-5-8-13-21)23-16-11-17-28(39-2)30(23)40-3/h5-18,20,29H,4H2,1-3H3,(H,36,37,38). The Morgan fingerprint density at radius 3 is 2.24 bits per heavy atom. The van der Waals surface area contributed by atoms with Crippen molar-refractivity contribution >= 4 is 34.1 Å². The number of thiazole rings is 1. The lowest BCUT2D eigenvalue weighted by Gasteiger charge is -2.18. The molecule has 0 aliphatic heterocycles. The molecule has 0 radical (unpaired) electrons. The van der Waals surface area contributed by atoms with Gasteiger partial charge in [-0.3, -0.25) is 4.79 Å². The molecule has 2 heterocycles. The van der Waals surface area contributed by atoms with E-state index in [4.69, 9.17) is 14.5 Å². The molecule has 0 bridgehead atoms. The molecule has 1 amide bonds. The quantitative estimate of drug-likeness (QED) is 0.164. The van der Waals surface area contributed by atoms with Crippen molar-refractivity contribution in [2.45, 2.75) is 23.6 Å². The number of amides is 1. The molecule has 1 N–H and O–H groups in total. The van der Waals surface area contributed by atoms with Crippen molar-refractivity contribution in [2.24, 2.45) is 0 Å². The molecule has 0 fully saturated rings. The number of anilines is 1. The number of aromatic nitrogens is 2. The van der Waals surface area contributed by atoms with Gasteiger partial charge in [-0.25, -0.2) is 9.97 Å². The number of para-hydroxylation sites is 1. The second-order valence-corrected chi connectivity index (χ2v) is 11.2. The van der Waals surface area contributed by atoms with E-state index < -0.39 is 5.25 Å². The molecule has 1 unspecified atom stereocenters. The molecule has 7 nitrogen and oxygen atoms in total. The highest BCUT2D eigenvalue weighted by molar-refractivity contribution is 8.00. The highest BCUT2D eigenvalue weighted by Crippen LogP contribution is 2.43. The number of nitrogens with one attached hydrogen (secondary N) is 1. The second kappa shape index (κ2) is 13.3. The number of carbonyl (C=O) groups is 1. The first-order chi connectivity index (χ1) is 20.6. The molecule has 0 saturated carbocycles. The van der Waals surface area contributed by atoms with E-state index in [0.717, 1.165) is 16.8 Å². The predicted molar refractivity (Wildman–Crippen MR) is 169 cm³/mol. The molecule has 9 heteroatoms. The number of carbonyl (C=O) groups excluding carboxylic acids is 1. The van der Waals surface area contributed by atoms with Gasteiger partial charge in [-0.1, -0.05) is 91.5 Å². The number of hydrogen-bond acceptors (Lipinski definition) is 8. The predicted octanol–water partition coefficient (Wildman–Crippen LogP) is 7.94. The summed E-state index contributed by atoms with van der Waals surface area (Å²) in [5, 5.41) is 15.8. The summed E-state index contributed by atoms with van der Waals surface area (Å²) in [7, 11) is 3.15. The lowest BCUT2D eigenvalue weighted by molar-refractivity contribution is -0.115. The van der Waals surface area contributed by atoms with Gasteiger partial charge in [-0.15, -0.1) is 11.3 Å². The summed E-state index contributed by atoms with van der Waals surface area (Å²) in [6.45, 7) is 1.94. The first-order valence-corrected chi connectivity index (χ1v) is 15.0.